The fourth-order valence-electron chi connectivity index (χ4n) is 4.67. The van der Waals surface area contributed by atoms with Gasteiger partial charge in [-0.3, -0.25) is 15.0 Å². The first kappa shape index (κ1) is 18.1. The first-order valence-corrected chi connectivity index (χ1v) is 11.0. The Labute approximate surface area is 169 Å². The van der Waals surface area contributed by atoms with E-state index in [0.29, 0.717) is 0 Å². The molecule has 0 bridgehead atoms. The Kier molecular flexibility index (Phi) is 5.03. The third-order valence-electron chi connectivity index (χ3n) is 6.16. The largest absolute Gasteiger partial charge is 0.328 e. The van der Waals surface area contributed by atoms with Crippen molar-refractivity contribution in [3.63, 3.8) is 0 Å². The molecule has 1 aromatic heterocycles. The fourth-order valence-corrected chi connectivity index (χ4v) is 5.29. The number of amides is 1. The Morgan fingerprint density at radius 1 is 1.14 bits per heavy atom. The molecule has 5 rings (SSSR count). The van der Waals surface area contributed by atoms with Gasteiger partial charge in [-0.15, -0.1) is 11.3 Å². The van der Waals surface area contributed by atoms with Gasteiger partial charge in [-0.1, -0.05) is 36.4 Å². The number of rotatable bonds is 3. The van der Waals surface area contributed by atoms with E-state index in [9.17, 15) is 4.79 Å². The average molecular weight is 395 g/mol. The van der Waals surface area contributed by atoms with Crippen LogP contribution in [-0.4, -0.2) is 36.4 Å². The van der Waals surface area contributed by atoms with Gasteiger partial charge in [0.25, 0.3) is 0 Å². The highest BCUT2D eigenvalue weighted by Crippen LogP contribution is 2.29. The van der Waals surface area contributed by atoms with Gasteiger partial charge in [0.1, 0.15) is 6.29 Å². The van der Waals surface area contributed by atoms with Crippen LogP contribution in [-0.2, 0) is 17.8 Å². The molecular formula is C22H26N4OS. The normalized spacial score (nSPS) is 30.6. The molecule has 4 atom stereocenters. The van der Waals surface area contributed by atoms with Gasteiger partial charge < -0.3 is 10.6 Å². The first-order chi connectivity index (χ1) is 13.8. The van der Waals surface area contributed by atoms with Crippen molar-refractivity contribution in [3.8, 4) is 0 Å². The number of carbonyl (C=O) groups excluding carboxylic acids is 1. The summed E-state index contributed by atoms with van der Waals surface area (Å²) in [4.78, 5) is 16.6. The summed E-state index contributed by atoms with van der Waals surface area (Å²) in [7, 11) is 0. The lowest BCUT2D eigenvalue weighted by Crippen LogP contribution is -2.72. The molecule has 2 aromatic rings. The second-order valence-electron chi connectivity index (χ2n) is 7.85. The maximum Gasteiger partial charge on any atom is 0.228 e. The predicted molar refractivity (Wildman–Crippen MR) is 112 cm³/mol. The minimum absolute atomic E-state index is 0.0163. The average Bonchev–Trinajstić information content (AvgIpc) is 3.25. The Hall–Kier alpha value is -1.99. The van der Waals surface area contributed by atoms with Crippen molar-refractivity contribution in [1.82, 2.24) is 20.9 Å². The zero-order valence-corrected chi connectivity index (χ0v) is 16.6. The maximum atomic E-state index is 13.0. The van der Waals surface area contributed by atoms with E-state index in [1.165, 1.54) is 16.0 Å². The Morgan fingerprint density at radius 3 is 2.89 bits per heavy atom. The molecule has 6 heteroatoms. The molecule has 1 amide bonds. The molecule has 28 heavy (non-hydrogen) atoms. The monoisotopic (exact) mass is 394 g/mol. The highest BCUT2D eigenvalue weighted by Gasteiger charge is 2.43. The molecule has 3 aliphatic heterocycles. The van der Waals surface area contributed by atoms with Gasteiger partial charge in [0.2, 0.25) is 5.91 Å². The van der Waals surface area contributed by atoms with Crippen LogP contribution in [0, 0.1) is 11.8 Å². The third kappa shape index (κ3) is 3.53. The second-order valence-corrected chi connectivity index (χ2v) is 8.83. The summed E-state index contributed by atoms with van der Waals surface area (Å²) in [5.74, 6) is 0.336. The Morgan fingerprint density at radius 2 is 2.04 bits per heavy atom. The second kappa shape index (κ2) is 7.79. The lowest BCUT2D eigenvalue weighted by Gasteiger charge is -2.47. The lowest BCUT2D eigenvalue weighted by atomic mass is 9.81. The molecule has 4 unspecified atom stereocenters. The van der Waals surface area contributed by atoms with E-state index in [2.05, 4.69) is 74.8 Å². The van der Waals surface area contributed by atoms with Crippen LogP contribution in [0.4, 0.5) is 0 Å². The van der Waals surface area contributed by atoms with Crippen molar-refractivity contribution in [3.05, 3.63) is 63.9 Å². The van der Waals surface area contributed by atoms with Crippen LogP contribution >= 0.6 is 11.3 Å². The summed E-state index contributed by atoms with van der Waals surface area (Å²) in [6, 6.07) is 12.8. The molecule has 2 fully saturated rings. The van der Waals surface area contributed by atoms with Crippen molar-refractivity contribution >= 4 is 23.3 Å². The van der Waals surface area contributed by atoms with Gasteiger partial charge in [0.15, 0.2) is 0 Å². The van der Waals surface area contributed by atoms with E-state index in [1.807, 2.05) is 0 Å². The molecule has 5 nitrogen and oxygen atoms in total. The minimum atomic E-state index is -0.116. The molecule has 4 heterocycles. The van der Waals surface area contributed by atoms with Crippen molar-refractivity contribution < 1.29 is 4.79 Å². The van der Waals surface area contributed by atoms with Crippen LogP contribution < -0.4 is 16.0 Å². The molecular weight excluding hydrogens is 368 g/mol. The number of nitrogens with zero attached hydrogens (tertiary/aromatic N) is 1. The highest BCUT2D eigenvalue weighted by atomic mass is 32.1. The third-order valence-corrected chi connectivity index (χ3v) is 7.00. The first-order valence-electron chi connectivity index (χ1n) is 10.1. The quantitative estimate of drug-likeness (QED) is 0.748. The molecule has 0 saturated carbocycles. The van der Waals surface area contributed by atoms with E-state index in [4.69, 9.17) is 0 Å². The fraction of sp³-hybridized carbons (Fsp3) is 0.409. The number of fused-ring (bicyclic) bond motifs is 2. The van der Waals surface area contributed by atoms with Crippen molar-refractivity contribution in [1.29, 1.82) is 0 Å². The highest BCUT2D eigenvalue weighted by molar-refractivity contribution is 7.10. The van der Waals surface area contributed by atoms with E-state index in [-0.39, 0.29) is 30.2 Å². The molecule has 0 spiro atoms. The number of hydrogen-bond donors (Lipinski definition) is 3. The lowest BCUT2D eigenvalue weighted by molar-refractivity contribution is -0.136. The topological polar surface area (TPSA) is 56.4 Å². The van der Waals surface area contributed by atoms with Crippen LogP contribution in [0.1, 0.15) is 22.4 Å². The number of hydrogen-bond acceptors (Lipinski definition) is 5. The standard InChI is InChI=1S/C22H26N4OS/c27-21-19-16(7-8-18-6-3-13-28-18)9-11-23-20(19)24-22(25-21)26-12-10-15-4-1-2-5-17(15)14-26/h1-8,13,16,19-20,22-24H,9-12,14H2,(H,25,27)/b8-7+. The van der Waals surface area contributed by atoms with Gasteiger partial charge in [0, 0.05) is 18.0 Å². The summed E-state index contributed by atoms with van der Waals surface area (Å²) in [6.07, 6.45) is 6.30. The number of benzene rings is 1. The molecule has 146 valence electrons. The van der Waals surface area contributed by atoms with Gasteiger partial charge >= 0.3 is 0 Å². The summed E-state index contributed by atoms with van der Waals surface area (Å²) in [5.41, 5.74) is 2.79. The zero-order chi connectivity index (χ0) is 18.9. The SMILES string of the molecule is O=C1NC(N2CCc3ccccc3C2)NC2NCCC(/C=C/c3cccs3)C12. The number of allylic oxidation sites excluding steroid dienone is 1. The number of carbonyl (C=O) groups is 1. The smallest absolute Gasteiger partial charge is 0.228 e. The number of thiophene rings is 1. The number of piperidine rings is 1. The summed E-state index contributed by atoms with van der Waals surface area (Å²) in [6.45, 7) is 2.75. The van der Waals surface area contributed by atoms with Gasteiger partial charge in [-0.25, -0.2) is 0 Å². The summed E-state index contributed by atoms with van der Waals surface area (Å²) < 4.78 is 0. The van der Waals surface area contributed by atoms with Crippen LogP contribution in [0.25, 0.3) is 6.08 Å². The molecule has 1 aromatic carbocycles. The van der Waals surface area contributed by atoms with Gasteiger partial charge in [0.05, 0.1) is 12.1 Å². The Balaban J connectivity index is 1.29. The van der Waals surface area contributed by atoms with Crippen molar-refractivity contribution in [2.24, 2.45) is 11.8 Å². The van der Waals surface area contributed by atoms with E-state index in [1.54, 1.807) is 11.3 Å². The van der Waals surface area contributed by atoms with E-state index < -0.39 is 0 Å². The molecule has 0 aliphatic carbocycles. The summed E-state index contributed by atoms with van der Waals surface area (Å²) in [5, 5.41) is 12.5. The van der Waals surface area contributed by atoms with E-state index >= 15 is 0 Å². The van der Waals surface area contributed by atoms with Crippen LogP contribution in [0.2, 0.25) is 0 Å². The van der Waals surface area contributed by atoms with Gasteiger partial charge in [-0.05, 0) is 54.0 Å². The molecule has 3 N–H and O–H groups in total. The van der Waals surface area contributed by atoms with Crippen LogP contribution in [0.15, 0.2) is 47.9 Å². The zero-order valence-electron chi connectivity index (χ0n) is 15.8. The Bertz CT molecular complexity index is 865. The summed E-state index contributed by atoms with van der Waals surface area (Å²) >= 11 is 1.73. The van der Waals surface area contributed by atoms with Gasteiger partial charge in [-0.2, -0.15) is 0 Å². The molecule has 0 radical (unpaired) electrons. The van der Waals surface area contributed by atoms with E-state index in [0.717, 1.165) is 32.5 Å². The van der Waals surface area contributed by atoms with Crippen LogP contribution in [0.3, 0.4) is 0 Å². The van der Waals surface area contributed by atoms with Crippen molar-refractivity contribution in [2.45, 2.75) is 31.8 Å². The number of nitrogens with one attached hydrogen (secondary N) is 3. The maximum absolute atomic E-state index is 13.0. The van der Waals surface area contributed by atoms with Crippen molar-refractivity contribution in [2.75, 3.05) is 13.1 Å². The molecule has 3 aliphatic rings. The van der Waals surface area contributed by atoms with Crippen LogP contribution in [0.5, 0.6) is 0 Å². The molecule has 2 saturated heterocycles. The predicted octanol–water partition coefficient (Wildman–Crippen LogP) is 2.37. The minimum Gasteiger partial charge on any atom is -0.328 e.